The zero-order valence-electron chi connectivity index (χ0n) is 18.6. The van der Waals surface area contributed by atoms with Crippen molar-refractivity contribution >= 4 is 34.2 Å². The summed E-state index contributed by atoms with van der Waals surface area (Å²) < 4.78 is 45.3. The quantitative estimate of drug-likeness (QED) is 0.556. The summed E-state index contributed by atoms with van der Waals surface area (Å²) in [7, 11) is 3.63. The van der Waals surface area contributed by atoms with E-state index in [4.69, 9.17) is 10.5 Å². The van der Waals surface area contributed by atoms with E-state index < -0.39 is 17.8 Å². The number of nitrogens with two attached hydrogens (primary N) is 1. The van der Waals surface area contributed by atoms with Crippen LogP contribution in [0.25, 0.3) is 10.9 Å². The number of nitrogens with one attached hydrogen (secondary N) is 1. The molecule has 3 aromatic rings. The third kappa shape index (κ3) is 5.03. The number of ether oxygens (including phenoxy) is 1. The number of benzene rings is 1. The first kappa shape index (κ1) is 22.8. The number of hydrogen-bond donors (Lipinski definition) is 2. The minimum absolute atomic E-state index is 0.0498. The van der Waals surface area contributed by atoms with Gasteiger partial charge in [0.05, 0.1) is 36.5 Å². The van der Waals surface area contributed by atoms with Crippen molar-refractivity contribution in [2.24, 2.45) is 0 Å². The molecule has 1 aliphatic rings. The standard InChI is InChI=1S/C22H26F3N7O/c1-13(14-8-15(22(23,24)25)10-16(26)9-14)28-20-17-11-19(32-4-6-33-7-5-32)27-12-18(17)29-21(30-20)31(2)3/h8-13H,4-7,26H2,1-3H3,(H,28,29,30). The average Bonchev–Trinajstić information content (AvgIpc) is 2.78. The summed E-state index contributed by atoms with van der Waals surface area (Å²) in [5, 5.41) is 3.99. The number of rotatable bonds is 5. The van der Waals surface area contributed by atoms with Gasteiger partial charge in [-0.2, -0.15) is 18.2 Å². The molecule has 8 nitrogen and oxygen atoms in total. The summed E-state index contributed by atoms with van der Waals surface area (Å²) in [6.07, 6.45) is -2.80. The fraction of sp³-hybridized carbons (Fsp3) is 0.409. The predicted molar refractivity (Wildman–Crippen MR) is 123 cm³/mol. The van der Waals surface area contributed by atoms with Gasteiger partial charge in [0, 0.05) is 38.3 Å². The Balaban J connectivity index is 1.74. The molecule has 0 radical (unpaired) electrons. The second-order valence-corrected chi connectivity index (χ2v) is 8.18. The van der Waals surface area contributed by atoms with Crippen LogP contribution in [0.5, 0.6) is 0 Å². The number of anilines is 4. The molecule has 0 bridgehead atoms. The number of fused-ring (bicyclic) bond motifs is 1. The highest BCUT2D eigenvalue weighted by molar-refractivity contribution is 5.91. The number of pyridine rings is 1. The summed E-state index contributed by atoms with van der Waals surface area (Å²) in [4.78, 5) is 17.6. The molecule has 176 valence electrons. The first-order valence-electron chi connectivity index (χ1n) is 10.5. The Morgan fingerprint density at radius 2 is 1.85 bits per heavy atom. The van der Waals surface area contributed by atoms with Gasteiger partial charge in [-0.25, -0.2) is 9.97 Å². The van der Waals surface area contributed by atoms with Crippen LogP contribution in [0, 0.1) is 0 Å². The third-order valence-corrected chi connectivity index (χ3v) is 5.45. The fourth-order valence-corrected chi connectivity index (χ4v) is 3.66. The van der Waals surface area contributed by atoms with Gasteiger partial charge in [0.2, 0.25) is 5.95 Å². The Labute approximate surface area is 189 Å². The number of halogens is 3. The van der Waals surface area contributed by atoms with E-state index in [1.165, 1.54) is 6.07 Å². The number of morpholine rings is 1. The highest BCUT2D eigenvalue weighted by atomic mass is 19.4. The SMILES string of the molecule is CC(Nc1nc(N(C)C)nc2cnc(N3CCOCC3)cc12)c1cc(N)cc(C(F)(F)F)c1. The largest absolute Gasteiger partial charge is 0.416 e. The topological polar surface area (TPSA) is 92.4 Å². The molecule has 1 fully saturated rings. The molecule has 0 saturated carbocycles. The monoisotopic (exact) mass is 461 g/mol. The van der Waals surface area contributed by atoms with Crippen LogP contribution in [-0.2, 0) is 10.9 Å². The van der Waals surface area contributed by atoms with E-state index in [0.717, 1.165) is 36.4 Å². The van der Waals surface area contributed by atoms with Crippen LogP contribution >= 0.6 is 0 Å². The summed E-state index contributed by atoms with van der Waals surface area (Å²) in [6.45, 7) is 4.45. The molecule has 33 heavy (non-hydrogen) atoms. The van der Waals surface area contributed by atoms with Crippen LogP contribution in [-0.4, -0.2) is 55.4 Å². The molecule has 1 aromatic carbocycles. The Kier molecular flexibility index (Phi) is 6.15. The van der Waals surface area contributed by atoms with Gasteiger partial charge in [0.25, 0.3) is 0 Å². The molecule has 0 amide bonds. The maximum Gasteiger partial charge on any atom is 0.416 e. The number of nitrogens with zero attached hydrogens (tertiary/aromatic N) is 5. The van der Waals surface area contributed by atoms with Gasteiger partial charge in [-0.1, -0.05) is 0 Å². The van der Waals surface area contributed by atoms with E-state index in [1.807, 2.05) is 20.2 Å². The first-order chi connectivity index (χ1) is 15.6. The van der Waals surface area contributed by atoms with Crippen molar-refractivity contribution in [3.05, 3.63) is 41.6 Å². The number of nitrogen functional groups attached to an aromatic ring is 1. The van der Waals surface area contributed by atoms with E-state index >= 15 is 0 Å². The third-order valence-electron chi connectivity index (χ3n) is 5.45. The zero-order chi connectivity index (χ0) is 23.8. The second-order valence-electron chi connectivity index (χ2n) is 8.18. The molecule has 1 saturated heterocycles. The molecule has 1 unspecified atom stereocenters. The average molecular weight is 461 g/mol. The van der Waals surface area contributed by atoms with Gasteiger partial charge in [0.15, 0.2) is 0 Å². The van der Waals surface area contributed by atoms with Gasteiger partial charge >= 0.3 is 6.18 Å². The lowest BCUT2D eigenvalue weighted by atomic mass is 10.0. The summed E-state index contributed by atoms with van der Waals surface area (Å²) in [5.41, 5.74) is 6.06. The van der Waals surface area contributed by atoms with Crippen molar-refractivity contribution in [3.63, 3.8) is 0 Å². The van der Waals surface area contributed by atoms with Crippen LogP contribution < -0.4 is 20.9 Å². The summed E-state index contributed by atoms with van der Waals surface area (Å²) in [5.74, 6) is 1.73. The van der Waals surface area contributed by atoms with Gasteiger partial charge in [0.1, 0.15) is 11.6 Å². The van der Waals surface area contributed by atoms with Crippen molar-refractivity contribution < 1.29 is 17.9 Å². The molecular formula is C22H26F3N7O. The van der Waals surface area contributed by atoms with Gasteiger partial charge in [-0.3, -0.25) is 0 Å². The maximum atomic E-state index is 13.3. The molecule has 0 spiro atoms. The van der Waals surface area contributed by atoms with Gasteiger partial charge in [-0.15, -0.1) is 0 Å². The van der Waals surface area contributed by atoms with E-state index in [1.54, 1.807) is 18.0 Å². The normalized spacial score (nSPS) is 15.5. The number of alkyl halides is 3. The maximum absolute atomic E-state index is 13.3. The van der Waals surface area contributed by atoms with Crippen molar-refractivity contribution in [2.45, 2.75) is 19.1 Å². The molecule has 3 N–H and O–H groups in total. The fourth-order valence-electron chi connectivity index (χ4n) is 3.66. The second kappa shape index (κ2) is 8.89. The minimum atomic E-state index is -4.48. The van der Waals surface area contributed by atoms with E-state index in [9.17, 15) is 13.2 Å². The lowest BCUT2D eigenvalue weighted by Gasteiger charge is -2.28. The van der Waals surface area contributed by atoms with Gasteiger partial charge in [-0.05, 0) is 36.8 Å². The predicted octanol–water partition coefficient (Wildman–Crippen LogP) is 3.70. The summed E-state index contributed by atoms with van der Waals surface area (Å²) in [6, 6.07) is 4.97. The van der Waals surface area contributed by atoms with E-state index in [-0.39, 0.29) is 5.69 Å². The van der Waals surface area contributed by atoms with Crippen molar-refractivity contribution in [3.8, 4) is 0 Å². The Bertz CT molecular complexity index is 1150. The molecule has 2 aromatic heterocycles. The highest BCUT2D eigenvalue weighted by Gasteiger charge is 2.31. The first-order valence-corrected chi connectivity index (χ1v) is 10.5. The minimum Gasteiger partial charge on any atom is -0.399 e. The Hall–Kier alpha value is -3.34. The zero-order valence-corrected chi connectivity index (χ0v) is 18.6. The van der Waals surface area contributed by atoms with E-state index in [0.29, 0.717) is 36.1 Å². The van der Waals surface area contributed by atoms with Crippen LogP contribution in [0.15, 0.2) is 30.5 Å². The lowest BCUT2D eigenvalue weighted by molar-refractivity contribution is -0.137. The van der Waals surface area contributed by atoms with Crippen molar-refractivity contribution in [1.29, 1.82) is 0 Å². The van der Waals surface area contributed by atoms with Crippen LogP contribution in [0.2, 0.25) is 0 Å². The molecule has 1 aliphatic heterocycles. The van der Waals surface area contributed by atoms with Crippen LogP contribution in [0.4, 0.5) is 36.4 Å². The molecule has 4 rings (SSSR count). The van der Waals surface area contributed by atoms with Crippen LogP contribution in [0.3, 0.4) is 0 Å². The molecule has 11 heteroatoms. The summed E-state index contributed by atoms with van der Waals surface area (Å²) >= 11 is 0. The van der Waals surface area contributed by atoms with Crippen molar-refractivity contribution in [1.82, 2.24) is 15.0 Å². The molecular weight excluding hydrogens is 435 g/mol. The van der Waals surface area contributed by atoms with Crippen molar-refractivity contribution in [2.75, 3.05) is 61.2 Å². The van der Waals surface area contributed by atoms with E-state index in [2.05, 4.69) is 25.2 Å². The molecule has 0 aliphatic carbocycles. The van der Waals surface area contributed by atoms with Gasteiger partial charge < -0.3 is 25.6 Å². The smallest absolute Gasteiger partial charge is 0.399 e. The molecule has 3 heterocycles. The van der Waals surface area contributed by atoms with Crippen LogP contribution in [0.1, 0.15) is 24.1 Å². The Morgan fingerprint density at radius 3 is 2.52 bits per heavy atom. The number of hydrogen-bond acceptors (Lipinski definition) is 8. The number of aromatic nitrogens is 3. The highest BCUT2D eigenvalue weighted by Crippen LogP contribution is 2.34. The Morgan fingerprint density at radius 1 is 1.12 bits per heavy atom. The molecule has 1 atom stereocenters. The lowest BCUT2D eigenvalue weighted by Crippen LogP contribution is -2.36.